The lowest BCUT2D eigenvalue weighted by Crippen LogP contribution is -2.24. The van der Waals surface area contributed by atoms with Gasteiger partial charge in [-0.2, -0.15) is 0 Å². The first-order valence-corrected chi connectivity index (χ1v) is 7.99. The second-order valence-electron chi connectivity index (χ2n) is 5.71. The lowest BCUT2D eigenvalue weighted by Gasteiger charge is -2.09. The molecule has 134 valence electrons. The maximum Gasteiger partial charge on any atom is 0.262 e. The van der Waals surface area contributed by atoms with E-state index in [1.54, 1.807) is 23.5 Å². The van der Waals surface area contributed by atoms with Crippen LogP contribution in [0.15, 0.2) is 53.6 Å². The summed E-state index contributed by atoms with van der Waals surface area (Å²) in [7, 11) is 3.55. The van der Waals surface area contributed by atoms with Crippen molar-refractivity contribution < 1.29 is 4.79 Å². The van der Waals surface area contributed by atoms with Crippen LogP contribution in [0.3, 0.4) is 0 Å². The van der Waals surface area contributed by atoms with Crippen molar-refractivity contribution in [3.05, 3.63) is 54.1 Å². The number of amides is 1. The molecule has 3 N–H and O–H groups in total. The predicted octanol–water partition coefficient (Wildman–Crippen LogP) is 1.78. The number of nitrogens with one attached hydrogen (secondary N) is 3. The Bertz CT molecular complexity index is 931. The summed E-state index contributed by atoms with van der Waals surface area (Å²) < 4.78 is 3.15. The minimum atomic E-state index is -0.0882. The number of aromatic nitrogens is 4. The Kier molecular flexibility index (Phi) is 4.97. The zero-order chi connectivity index (χ0) is 18.5. The fraction of sp³-hybridized carbons (Fsp3) is 0.176. The van der Waals surface area contributed by atoms with Crippen LogP contribution in [0.5, 0.6) is 0 Å². The van der Waals surface area contributed by atoms with Crippen LogP contribution in [-0.4, -0.2) is 25.7 Å². The van der Waals surface area contributed by atoms with E-state index in [0.29, 0.717) is 5.62 Å². The number of hydrogen-bond acceptors (Lipinski definition) is 6. The first kappa shape index (κ1) is 17.2. The number of carbonyl (C=O) groups excluding carboxylic acids is 1. The summed E-state index contributed by atoms with van der Waals surface area (Å²) in [6.45, 7) is 1.48. The lowest BCUT2D eigenvalue weighted by molar-refractivity contribution is -0.114. The van der Waals surface area contributed by atoms with E-state index in [-0.39, 0.29) is 5.91 Å². The Morgan fingerprint density at radius 1 is 0.846 bits per heavy atom. The van der Waals surface area contributed by atoms with Crippen LogP contribution >= 0.6 is 0 Å². The third-order valence-corrected chi connectivity index (χ3v) is 3.55. The molecule has 0 spiro atoms. The van der Waals surface area contributed by atoms with Gasteiger partial charge in [0.2, 0.25) is 5.91 Å². The molecule has 0 saturated heterocycles. The maximum atomic E-state index is 11.0. The predicted molar refractivity (Wildman–Crippen MR) is 99.6 cm³/mol. The first-order chi connectivity index (χ1) is 12.5. The normalized spacial score (nSPS) is 10.3. The second kappa shape index (κ2) is 7.51. The molecule has 0 saturated carbocycles. The highest BCUT2D eigenvalue weighted by Crippen LogP contribution is 2.20. The van der Waals surface area contributed by atoms with E-state index in [1.807, 2.05) is 48.5 Å². The van der Waals surface area contributed by atoms with E-state index >= 15 is 0 Å². The highest BCUT2D eigenvalue weighted by atomic mass is 16.1. The Morgan fingerprint density at radius 2 is 1.31 bits per heavy atom. The number of rotatable bonds is 5. The standard InChI is InChI=1S/C17H20N8O/c1-12(26)18-13-4-6-14(7-5-13)19-15-8-10-16(11-9-15)20-21-17-24(2)22-23-25(17)3/h4-11,19-20H,1-3H3,(H,18,26). The van der Waals surface area contributed by atoms with Gasteiger partial charge >= 0.3 is 0 Å². The van der Waals surface area contributed by atoms with E-state index in [0.717, 1.165) is 22.7 Å². The Morgan fingerprint density at radius 3 is 1.81 bits per heavy atom. The summed E-state index contributed by atoms with van der Waals surface area (Å²) in [5.74, 6) is -0.0882. The number of nitrogens with zero attached hydrogens (tertiary/aromatic N) is 5. The average Bonchev–Trinajstić information content (AvgIpc) is 2.94. The maximum absolute atomic E-state index is 11.0. The van der Waals surface area contributed by atoms with Gasteiger partial charge in [0.05, 0.1) is 5.69 Å². The molecule has 0 aliphatic heterocycles. The molecule has 26 heavy (non-hydrogen) atoms. The molecule has 0 fully saturated rings. The van der Waals surface area contributed by atoms with Crippen LogP contribution in [0.1, 0.15) is 6.92 Å². The summed E-state index contributed by atoms with van der Waals surface area (Å²) >= 11 is 0. The van der Waals surface area contributed by atoms with E-state index in [4.69, 9.17) is 0 Å². The molecule has 0 unspecified atom stereocenters. The molecule has 1 heterocycles. The van der Waals surface area contributed by atoms with Crippen molar-refractivity contribution in [2.45, 2.75) is 6.92 Å². The summed E-state index contributed by atoms with van der Waals surface area (Å²) in [6, 6.07) is 15.2. The third-order valence-electron chi connectivity index (χ3n) is 3.55. The SMILES string of the molecule is CC(=O)Nc1ccc(Nc2ccc(NN=c3n(C)nnn3C)cc2)cc1. The highest BCUT2D eigenvalue weighted by Gasteiger charge is 1.99. The molecular weight excluding hydrogens is 332 g/mol. The molecule has 2 aromatic carbocycles. The fourth-order valence-electron chi connectivity index (χ4n) is 2.30. The number of anilines is 4. The van der Waals surface area contributed by atoms with Gasteiger partial charge in [-0.25, -0.2) is 9.36 Å². The Balaban J connectivity index is 1.64. The van der Waals surface area contributed by atoms with Crippen LogP contribution in [0.25, 0.3) is 0 Å². The van der Waals surface area contributed by atoms with E-state index in [2.05, 4.69) is 31.6 Å². The minimum Gasteiger partial charge on any atom is -0.356 e. The van der Waals surface area contributed by atoms with Gasteiger partial charge in [0.1, 0.15) is 0 Å². The summed E-state index contributed by atoms with van der Waals surface area (Å²) in [4.78, 5) is 11.0. The van der Waals surface area contributed by atoms with Crippen molar-refractivity contribution in [3.8, 4) is 0 Å². The van der Waals surface area contributed by atoms with Gasteiger partial charge in [0, 0.05) is 38.1 Å². The molecule has 0 aliphatic rings. The van der Waals surface area contributed by atoms with E-state index in [1.165, 1.54) is 6.92 Å². The number of hydrogen-bond donors (Lipinski definition) is 3. The molecule has 3 aromatic rings. The Labute approximate surface area is 150 Å². The molecule has 1 amide bonds. The molecule has 9 nitrogen and oxygen atoms in total. The third kappa shape index (κ3) is 4.26. The van der Waals surface area contributed by atoms with Gasteiger partial charge in [-0.05, 0) is 59.0 Å². The van der Waals surface area contributed by atoms with Crippen LogP contribution in [0, 0.1) is 0 Å². The van der Waals surface area contributed by atoms with Crippen LogP contribution in [-0.2, 0) is 18.9 Å². The second-order valence-corrected chi connectivity index (χ2v) is 5.71. The van der Waals surface area contributed by atoms with Gasteiger partial charge < -0.3 is 10.6 Å². The van der Waals surface area contributed by atoms with Gasteiger partial charge in [0.15, 0.2) is 0 Å². The van der Waals surface area contributed by atoms with E-state index in [9.17, 15) is 4.79 Å². The van der Waals surface area contributed by atoms with Crippen molar-refractivity contribution >= 4 is 28.7 Å². The lowest BCUT2D eigenvalue weighted by atomic mass is 10.2. The van der Waals surface area contributed by atoms with Crippen molar-refractivity contribution in [2.24, 2.45) is 19.2 Å². The van der Waals surface area contributed by atoms with Crippen molar-refractivity contribution in [3.63, 3.8) is 0 Å². The smallest absolute Gasteiger partial charge is 0.262 e. The van der Waals surface area contributed by atoms with Crippen LogP contribution < -0.4 is 21.7 Å². The highest BCUT2D eigenvalue weighted by molar-refractivity contribution is 5.88. The van der Waals surface area contributed by atoms with Gasteiger partial charge in [-0.3, -0.25) is 10.2 Å². The molecule has 0 atom stereocenters. The molecule has 3 rings (SSSR count). The average molecular weight is 352 g/mol. The quantitative estimate of drug-likeness (QED) is 0.608. The summed E-state index contributed by atoms with van der Waals surface area (Å²) in [6.07, 6.45) is 0. The molecule has 0 radical (unpaired) electrons. The minimum absolute atomic E-state index is 0.0882. The van der Waals surface area contributed by atoms with E-state index < -0.39 is 0 Å². The van der Waals surface area contributed by atoms with Gasteiger partial charge in [-0.1, -0.05) is 0 Å². The number of tetrazole rings is 1. The molecule has 9 heteroatoms. The largest absolute Gasteiger partial charge is 0.356 e. The molecule has 1 aromatic heterocycles. The van der Waals surface area contributed by atoms with Gasteiger partial charge in [-0.15, -0.1) is 5.10 Å². The van der Waals surface area contributed by atoms with Crippen LogP contribution in [0.2, 0.25) is 0 Å². The van der Waals surface area contributed by atoms with Crippen molar-refractivity contribution in [1.29, 1.82) is 0 Å². The zero-order valence-corrected chi connectivity index (χ0v) is 14.8. The van der Waals surface area contributed by atoms with Crippen molar-refractivity contribution in [1.82, 2.24) is 19.8 Å². The topological polar surface area (TPSA) is 101 Å². The Hall–Kier alpha value is -3.62. The summed E-state index contributed by atoms with van der Waals surface area (Å²) in [5.41, 5.74) is 7.06. The monoisotopic (exact) mass is 352 g/mol. The number of carbonyl (C=O) groups is 1. The molecule has 0 bridgehead atoms. The van der Waals surface area contributed by atoms with Crippen molar-refractivity contribution in [2.75, 3.05) is 16.1 Å². The van der Waals surface area contributed by atoms with Gasteiger partial charge in [0.25, 0.3) is 5.62 Å². The molecular formula is C17H20N8O. The number of benzene rings is 2. The first-order valence-electron chi connectivity index (χ1n) is 7.99. The van der Waals surface area contributed by atoms with Crippen LogP contribution in [0.4, 0.5) is 22.7 Å². The fourth-order valence-corrected chi connectivity index (χ4v) is 2.30. The molecule has 0 aliphatic carbocycles. The zero-order valence-electron chi connectivity index (χ0n) is 14.8. The number of aryl methyl sites for hydroxylation is 2. The summed E-state index contributed by atoms with van der Waals surface area (Å²) in [5, 5.41) is 18.1.